The third kappa shape index (κ3) is 3.95. The average Bonchev–Trinajstić information content (AvgIpc) is 2.72. The standard InChI is InChI=1S/C21H20N2O4/c1-15-12-22(20(26)18-6-2-16(13-24)3-7-18)10-11-23(15)21(27)19-8-4-17(14-25)5-9-19/h2-9,13-15H,10-12H2,1H3/t15-/m0/s1. The van der Waals surface area contributed by atoms with Crippen LogP contribution in [0.4, 0.5) is 0 Å². The lowest BCUT2D eigenvalue weighted by Crippen LogP contribution is -2.55. The van der Waals surface area contributed by atoms with Crippen LogP contribution in [0.2, 0.25) is 0 Å². The van der Waals surface area contributed by atoms with Gasteiger partial charge in [-0.2, -0.15) is 0 Å². The van der Waals surface area contributed by atoms with Crippen LogP contribution in [-0.4, -0.2) is 59.9 Å². The Labute approximate surface area is 157 Å². The summed E-state index contributed by atoms with van der Waals surface area (Å²) in [7, 11) is 0. The first-order valence-corrected chi connectivity index (χ1v) is 8.74. The van der Waals surface area contributed by atoms with Crippen molar-refractivity contribution in [3.63, 3.8) is 0 Å². The molecule has 0 unspecified atom stereocenters. The monoisotopic (exact) mass is 364 g/mol. The van der Waals surface area contributed by atoms with Crippen LogP contribution in [0.25, 0.3) is 0 Å². The van der Waals surface area contributed by atoms with Gasteiger partial charge in [0.05, 0.1) is 0 Å². The highest BCUT2D eigenvalue weighted by atomic mass is 16.2. The van der Waals surface area contributed by atoms with Gasteiger partial charge in [-0.25, -0.2) is 0 Å². The molecule has 1 fully saturated rings. The zero-order chi connectivity index (χ0) is 19.4. The minimum Gasteiger partial charge on any atom is -0.335 e. The van der Waals surface area contributed by atoms with Crippen LogP contribution in [-0.2, 0) is 0 Å². The first-order chi connectivity index (χ1) is 13.0. The van der Waals surface area contributed by atoms with Crippen LogP contribution < -0.4 is 0 Å². The van der Waals surface area contributed by atoms with Crippen LogP contribution in [0.5, 0.6) is 0 Å². The summed E-state index contributed by atoms with van der Waals surface area (Å²) < 4.78 is 0. The number of carbonyl (C=O) groups excluding carboxylic acids is 4. The van der Waals surface area contributed by atoms with E-state index in [0.717, 1.165) is 12.6 Å². The van der Waals surface area contributed by atoms with Gasteiger partial charge in [0, 0.05) is 47.9 Å². The van der Waals surface area contributed by atoms with Gasteiger partial charge in [0.1, 0.15) is 12.6 Å². The van der Waals surface area contributed by atoms with Crippen LogP contribution in [0.1, 0.15) is 48.4 Å². The van der Waals surface area contributed by atoms with Crippen molar-refractivity contribution in [3.8, 4) is 0 Å². The molecule has 1 aliphatic rings. The molecule has 0 N–H and O–H groups in total. The Morgan fingerprint density at radius 1 is 0.815 bits per heavy atom. The quantitative estimate of drug-likeness (QED) is 0.780. The van der Waals surface area contributed by atoms with Crippen LogP contribution in [0.15, 0.2) is 48.5 Å². The van der Waals surface area contributed by atoms with Crippen LogP contribution >= 0.6 is 0 Å². The van der Waals surface area contributed by atoms with Crippen molar-refractivity contribution >= 4 is 24.4 Å². The maximum absolute atomic E-state index is 12.7. The van der Waals surface area contributed by atoms with Gasteiger partial charge in [-0.1, -0.05) is 24.3 Å². The number of amides is 2. The zero-order valence-corrected chi connectivity index (χ0v) is 15.0. The lowest BCUT2D eigenvalue weighted by Gasteiger charge is -2.40. The van der Waals surface area contributed by atoms with E-state index in [0.29, 0.717) is 41.9 Å². The molecule has 2 aromatic rings. The summed E-state index contributed by atoms with van der Waals surface area (Å²) in [4.78, 5) is 50.3. The molecule has 2 amide bonds. The third-order valence-electron chi connectivity index (χ3n) is 4.76. The highest BCUT2D eigenvalue weighted by Gasteiger charge is 2.30. The number of carbonyl (C=O) groups is 4. The molecular weight excluding hydrogens is 344 g/mol. The number of benzene rings is 2. The summed E-state index contributed by atoms with van der Waals surface area (Å²) in [5, 5.41) is 0. The molecule has 138 valence electrons. The maximum Gasteiger partial charge on any atom is 0.254 e. The summed E-state index contributed by atoms with van der Waals surface area (Å²) in [5.74, 6) is -0.218. The van der Waals surface area contributed by atoms with E-state index < -0.39 is 0 Å². The maximum atomic E-state index is 12.7. The van der Waals surface area contributed by atoms with Crippen molar-refractivity contribution in [2.45, 2.75) is 13.0 Å². The minimum atomic E-state index is -0.129. The Morgan fingerprint density at radius 2 is 1.30 bits per heavy atom. The molecule has 0 spiro atoms. The molecular formula is C21H20N2O4. The lowest BCUT2D eigenvalue weighted by molar-refractivity contribution is 0.0414. The summed E-state index contributed by atoms with van der Waals surface area (Å²) in [6, 6.07) is 12.9. The highest BCUT2D eigenvalue weighted by molar-refractivity contribution is 5.97. The third-order valence-corrected chi connectivity index (χ3v) is 4.76. The molecule has 0 aromatic heterocycles. The van der Waals surface area contributed by atoms with E-state index in [2.05, 4.69) is 0 Å². The smallest absolute Gasteiger partial charge is 0.254 e. The van der Waals surface area contributed by atoms with Gasteiger partial charge in [0.2, 0.25) is 0 Å². The van der Waals surface area contributed by atoms with E-state index in [1.807, 2.05) is 6.92 Å². The van der Waals surface area contributed by atoms with Crippen molar-refractivity contribution in [3.05, 3.63) is 70.8 Å². The molecule has 1 atom stereocenters. The number of hydrogen-bond donors (Lipinski definition) is 0. The normalized spacial score (nSPS) is 16.7. The summed E-state index contributed by atoms with van der Waals surface area (Å²) in [6.07, 6.45) is 1.48. The van der Waals surface area contributed by atoms with E-state index in [-0.39, 0.29) is 17.9 Å². The molecule has 6 nitrogen and oxygen atoms in total. The lowest BCUT2D eigenvalue weighted by atomic mass is 10.1. The van der Waals surface area contributed by atoms with Gasteiger partial charge >= 0.3 is 0 Å². The Hall–Kier alpha value is -3.28. The predicted octanol–water partition coefficient (Wildman–Crippen LogP) is 2.30. The van der Waals surface area contributed by atoms with E-state index in [1.165, 1.54) is 0 Å². The van der Waals surface area contributed by atoms with Crippen molar-refractivity contribution in [1.29, 1.82) is 0 Å². The van der Waals surface area contributed by atoms with Gasteiger partial charge in [-0.15, -0.1) is 0 Å². The van der Waals surface area contributed by atoms with Gasteiger partial charge in [-0.3, -0.25) is 19.2 Å². The molecule has 1 aliphatic heterocycles. The van der Waals surface area contributed by atoms with Crippen molar-refractivity contribution in [1.82, 2.24) is 9.80 Å². The Kier molecular flexibility index (Phi) is 5.45. The molecule has 1 heterocycles. The molecule has 0 radical (unpaired) electrons. The summed E-state index contributed by atoms with van der Waals surface area (Å²) >= 11 is 0. The Morgan fingerprint density at radius 3 is 1.74 bits per heavy atom. The average molecular weight is 364 g/mol. The van der Waals surface area contributed by atoms with Gasteiger partial charge in [-0.05, 0) is 31.2 Å². The van der Waals surface area contributed by atoms with E-state index >= 15 is 0 Å². The molecule has 0 saturated carbocycles. The van der Waals surface area contributed by atoms with E-state index in [9.17, 15) is 19.2 Å². The number of piperazine rings is 1. The number of hydrogen-bond acceptors (Lipinski definition) is 4. The number of rotatable bonds is 4. The SMILES string of the molecule is C[C@H]1CN(C(=O)c2ccc(C=O)cc2)CCN1C(=O)c1ccc(C=O)cc1. The van der Waals surface area contributed by atoms with Crippen molar-refractivity contribution in [2.75, 3.05) is 19.6 Å². The Bertz CT molecular complexity index is 859. The fourth-order valence-electron chi connectivity index (χ4n) is 3.20. The second-order valence-corrected chi connectivity index (χ2v) is 6.58. The van der Waals surface area contributed by atoms with Gasteiger partial charge in [0.25, 0.3) is 11.8 Å². The second kappa shape index (κ2) is 7.95. The number of aldehydes is 2. The van der Waals surface area contributed by atoms with E-state index in [4.69, 9.17) is 0 Å². The molecule has 0 aliphatic carbocycles. The van der Waals surface area contributed by atoms with Gasteiger partial charge in [0.15, 0.2) is 0 Å². The fraction of sp³-hybridized carbons (Fsp3) is 0.238. The molecule has 27 heavy (non-hydrogen) atoms. The van der Waals surface area contributed by atoms with Crippen molar-refractivity contribution in [2.24, 2.45) is 0 Å². The van der Waals surface area contributed by atoms with Crippen molar-refractivity contribution < 1.29 is 19.2 Å². The first-order valence-electron chi connectivity index (χ1n) is 8.74. The Balaban J connectivity index is 1.67. The summed E-state index contributed by atoms with van der Waals surface area (Å²) in [6.45, 7) is 3.23. The predicted molar refractivity (Wildman–Crippen MR) is 100 cm³/mol. The molecule has 6 heteroatoms. The molecule has 1 saturated heterocycles. The molecule has 0 bridgehead atoms. The first kappa shape index (κ1) is 18.5. The minimum absolute atomic E-state index is 0.109. The number of nitrogens with zero attached hydrogens (tertiary/aromatic N) is 2. The zero-order valence-electron chi connectivity index (χ0n) is 15.0. The largest absolute Gasteiger partial charge is 0.335 e. The molecule has 2 aromatic carbocycles. The topological polar surface area (TPSA) is 74.8 Å². The highest BCUT2D eigenvalue weighted by Crippen LogP contribution is 2.17. The van der Waals surface area contributed by atoms with Gasteiger partial charge < -0.3 is 9.80 Å². The van der Waals surface area contributed by atoms with Crippen LogP contribution in [0.3, 0.4) is 0 Å². The molecule has 3 rings (SSSR count). The fourth-order valence-corrected chi connectivity index (χ4v) is 3.20. The van der Waals surface area contributed by atoms with Crippen LogP contribution in [0, 0.1) is 0 Å². The van der Waals surface area contributed by atoms with E-state index in [1.54, 1.807) is 58.3 Å². The summed E-state index contributed by atoms with van der Waals surface area (Å²) in [5.41, 5.74) is 2.10. The second-order valence-electron chi connectivity index (χ2n) is 6.58.